The predicted octanol–water partition coefficient (Wildman–Crippen LogP) is 23.9. The molecule has 10 heterocycles. The minimum atomic E-state index is 0.478. The molecule has 6 aromatic carbocycles. The van der Waals surface area contributed by atoms with E-state index in [1.54, 1.807) is 6.26 Å². The number of imidazole rings is 1. The fourth-order valence-corrected chi connectivity index (χ4v) is 13.2. The van der Waals surface area contributed by atoms with Crippen LogP contribution in [0, 0.1) is 0 Å². The number of aromatic nitrogens is 7. The number of anilines is 4. The van der Waals surface area contributed by atoms with Gasteiger partial charge in [-0.3, -0.25) is 9.97 Å². The predicted molar refractivity (Wildman–Crippen MR) is 430 cm³/mol. The second kappa shape index (κ2) is 35.0. The van der Waals surface area contributed by atoms with Crippen LogP contribution in [-0.2, 0) is 19.3 Å². The molecule has 7 aromatic heterocycles. The molecule has 9 N–H and O–H groups in total. The number of benzene rings is 6. The van der Waals surface area contributed by atoms with Crippen LogP contribution in [0.1, 0.15) is 245 Å². The number of hydrogen-bond acceptors (Lipinski definition) is 8. The topological polar surface area (TPSA) is 177 Å². The number of rotatable bonds is 9. The molecule has 13 aromatic rings. The summed E-state index contributed by atoms with van der Waals surface area (Å²) in [5, 5.41) is 14.2. The Morgan fingerprint density at radius 2 is 0.910 bits per heavy atom. The molecule has 0 unspecified atom stereocenters. The number of furan rings is 1. The lowest BCUT2D eigenvalue weighted by molar-refractivity contribution is 0.615. The summed E-state index contributed by atoms with van der Waals surface area (Å²) in [4.78, 5) is 25.5. The highest BCUT2D eigenvalue weighted by molar-refractivity contribution is 5.84. The number of nitrogens with one attached hydrogen (secondary N) is 7. The normalized spacial score (nSPS) is 12.6. The van der Waals surface area contributed by atoms with Gasteiger partial charge in [0.25, 0.3) is 0 Å². The maximum absolute atomic E-state index is 5.59. The molecule has 0 spiro atoms. The molecule has 0 atom stereocenters. The Labute approximate surface area is 596 Å². The van der Waals surface area contributed by atoms with Crippen molar-refractivity contribution in [2.75, 3.05) is 41.3 Å². The number of nitrogens with two attached hydrogens (primary N) is 1. The lowest BCUT2D eigenvalue weighted by Crippen LogP contribution is -1.99. The van der Waals surface area contributed by atoms with Crippen molar-refractivity contribution in [1.29, 1.82) is 0 Å². The Balaban J connectivity index is 0.000000133. The smallest absolute Gasteiger partial charge is 0.198 e. The monoisotopic (exact) mass is 1340 g/mol. The van der Waals surface area contributed by atoms with Crippen LogP contribution in [0.4, 0.5) is 23.0 Å². The second-order valence-corrected chi connectivity index (χ2v) is 29.5. The van der Waals surface area contributed by atoms with Crippen molar-refractivity contribution in [3.63, 3.8) is 0 Å². The molecule has 12 nitrogen and oxygen atoms in total. The quantitative estimate of drug-likeness (QED) is 0.0704. The number of aromatic amines is 4. The number of pyridine rings is 2. The van der Waals surface area contributed by atoms with Crippen molar-refractivity contribution in [1.82, 2.24) is 34.9 Å². The van der Waals surface area contributed by atoms with E-state index in [4.69, 9.17) is 10.2 Å². The Morgan fingerprint density at radius 1 is 0.380 bits per heavy atom. The SMILES string of the molecule is CC(C)c1cc2c(c(C(C)C)c1)NCC2.CC(C)c1ccc2[nH]ccc2c1.CC(C)c1ccc2occc2c1.CC(C)c1cccc2[nH]c(N)nc12.CC(C)c1cccc2c1NCC2.CC(C)c1cccc2cc[nH]c12.CC(C)c1ccnc2c1NCC2.CC(C)c1ccnc2cc[nH]c12. The molecule has 16 rings (SSSR count). The number of fused-ring (bicyclic) bond motifs is 8. The second-order valence-electron chi connectivity index (χ2n) is 29.5. The van der Waals surface area contributed by atoms with Crippen molar-refractivity contribution in [3.05, 3.63) is 244 Å². The summed E-state index contributed by atoms with van der Waals surface area (Å²) in [7, 11) is 0. The Morgan fingerprint density at radius 3 is 1.60 bits per heavy atom. The van der Waals surface area contributed by atoms with Gasteiger partial charge in [0.1, 0.15) is 5.58 Å². The first kappa shape index (κ1) is 74.7. The first-order valence-electron chi connectivity index (χ1n) is 36.7. The number of hydrogen-bond donors (Lipinski definition) is 8. The summed E-state index contributed by atoms with van der Waals surface area (Å²) in [5.74, 6) is 5.78. The molecule has 0 fully saturated rings. The van der Waals surface area contributed by atoms with Crippen LogP contribution < -0.4 is 21.7 Å². The Kier molecular flexibility index (Phi) is 26.1. The molecule has 12 heteroatoms. The summed E-state index contributed by atoms with van der Waals surface area (Å²) < 4.78 is 5.25. The van der Waals surface area contributed by atoms with E-state index in [0.29, 0.717) is 59.2 Å². The van der Waals surface area contributed by atoms with E-state index in [-0.39, 0.29) is 0 Å². The van der Waals surface area contributed by atoms with Crippen LogP contribution >= 0.6 is 0 Å². The number of para-hydroxylation sites is 3. The minimum Gasteiger partial charge on any atom is -0.464 e. The van der Waals surface area contributed by atoms with Gasteiger partial charge in [0, 0.05) is 84.8 Å². The average Bonchev–Trinajstić information content (AvgIpc) is 1.61. The van der Waals surface area contributed by atoms with Gasteiger partial charge < -0.3 is 46.0 Å². The fourth-order valence-electron chi connectivity index (χ4n) is 13.2. The lowest BCUT2D eigenvalue weighted by atomic mass is 9.91. The summed E-state index contributed by atoms with van der Waals surface area (Å²) >= 11 is 0. The van der Waals surface area contributed by atoms with Gasteiger partial charge in [0.15, 0.2) is 5.95 Å². The highest BCUT2D eigenvalue weighted by Gasteiger charge is 2.20. The summed E-state index contributed by atoms with van der Waals surface area (Å²) in [5.41, 5.74) is 34.2. The van der Waals surface area contributed by atoms with Crippen molar-refractivity contribution in [2.24, 2.45) is 0 Å². The molecule has 3 aliphatic heterocycles. The lowest BCUT2D eigenvalue weighted by Gasteiger charge is -2.16. The van der Waals surface area contributed by atoms with Gasteiger partial charge in [0.2, 0.25) is 0 Å². The average molecular weight is 1340 g/mol. The summed E-state index contributed by atoms with van der Waals surface area (Å²) in [6, 6.07) is 49.2. The summed E-state index contributed by atoms with van der Waals surface area (Å²) in [6.07, 6.45) is 14.9. The molecule has 100 heavy (non-hydrogen) atoms. The molecule has 0 aliphatic carbocycles. The van der Waals surface area contributed by atoms with Gasteiger partial charge >= 0.3 is 0 Å². The molecule has 0 amide bonds. The zero-order valence-electron chi connectivity index (χ0n) is 63.0. The molecule has 0 radical (unpaired) electrons. The third-order valence-corrected chi connectivity index (χ3v) is 19.0. The molecule has 0 bridgehead atoms. The van der Waals surface area contributed by atoms with Crippen LogP contribution in [-0.4, -0.2) is 54.5 Å². The maximum atomic E-state index is 5.59. The van der Waals surface area contributed by atoms with Gasteiger partial charge in [-0.05, 0) is 205 Å². The number of nitrogens with zero attached hydrogens (tertiary/aromatic N) is 3. The number of nitrogen functional groups attached to an aromatic ring is 1. The standard InChI is InChI=1S/C14H21N.C11H13N.C11H15N.C11H13N.C11H12O.C10H13N3.C10H14N2.C10H12N2/c1-9(2)12-7-11-5-6-15-14(11)13(8-12)10(3)4;1-8(2)9-3-4-11-10(7-9)5-6-12-11;2*1-8(2)10-5-3-4-9-6-7-12-11(9)10;1-8(2)9-3-4-11-10(7-9)5-6-12-11;1-6(2)7-4-3-5-8-9(7)13-10(11)12-8;2*1-7(2)8-3-5-11-9-4-6-12-10(8)9/h7-10,15H,5-6H2,1-4H3;3-8,12H,1-2H3;3-5,8,12H,6-7H2,1-2H3;3-8,12H,1-2H3;3-8H,1-2H3;3-6H,1-2H3,(H3,11,12,13);3,5,7,12H,4,6H2,1-2H3;3-7,12H,1-2H3. The Hall–Kier alpha value is -9.55. The van der Waals surface area contributed by atoms with E-state index in [2.05, 4.69) is 285 Å². The van der Waals surface area contributed by atoms with E-state index in [9.17, 15) is 0 Å². The van der Waals surface area contributed by atoms with E-state index in [1.165, 1.54) is 130 Å². The van der Waals surface area contributed by atoms with Crippen LogP contribution in [0.5, 0.6) is 0 Å². The highest BCUT2D eigenvalue weighted by Crippen LogP contribution is 2.36. The zero-order valence-corrected chi connectivity index (χ0v) is 63.0. The molecule has 526 valence electrons. The minimum absolute atomic E-state index is 0.478. The van der Waals surface area contributed by atoms with Gasteiger partial charge in [0.05, 0.1) is 39.7 Å². The first-order chi connectivity index (χ1) is 48.0. The van der Waals surface area contributed by atoms with Gasteiger partial charge in [-0.25, -0.2) is 4.98 Å². The molecule has 0 saturated carbocycles. The van der Waals surface area contributed by atoms with E-state index in [1.807, 2.05) is 61.3 Å². The van der Waals surface area contributed by atoms with Crippen LogP contribution in [0.25, 0.3) is 54.8 Å². The van der Waals surface area contributed by atoms with E-state index >= 15 is 0 Å². The van der Waals surface area contributed by atoms with E-state index < -0.39 is 0 Å². The van der Waals surface area contributed by atoms with Gasteiger partial charge in [-0.2, -0.15) is 0 Å². The fraction of sp³-hybridized carbons (Fsp3) is 0.375. The Bertz CT molecular complexity index is 4480. The first-order valence-corrected chi connectivity index (χ1v) is 36.7. The van der Waals surface area contributed by atoms with Crippen molar-refractivity contribution in [3.8, 4) is 0 Å². The van der Waals surface area contributed by atoms with Crippen LogP contribution in [0.2, 0.25) is 0 Å². The maximum Gasteiger partial charge on any atom is 0.198 e. The van der Waals surface area contributed by atoms with Crippen LogP contribution in [0.15, 0.2) is 181 Å². The molecule has 0 saturated heterocycles. The van der Waals surface area contributed by atoms with Crippen molar-refractivity contribution < 1.29 is 4.42 Å². The number of H-pyrrole nitrogens is 4. The third-order valence-electron chi connectivity index (χ3n) is 19.0. The summed E-state index contributed by atoms with van der Waals surface area (Å²) in [6.45, 7) is 43.2. The van der Waals surface area contributed by atoms with Crippen molar-refractivity contribution >= 4 is 77.9 Å². The van der Waals surface area contributed by atoms with Crippen molar-refractivity contribution in [2.45, 2.75) is 197 Å². The third kappa shape index (κ3) is 19.0. The molecule has 3 aliphatic rings. The molecular weight excluding hydrogens is 1230 g/mol. The zero-order chi connectivity index (χ0) is 71.7. The van der Waals surface area contributed by atoms with E-state index in [0.717, 1.165) is 48.2 Å². The largest absolute Gasteiger partial charge is 0.464 e. The van der Waals surface area contributed by atoms with Crippen LogP contribution in [0.3, 0.4) is 0 Å². The molecular formula is C88H113N11O. The highest BCUT2D eigenvalue weighted by atomic mass is 16.3. The van der Waals surface area contributed by atoms with Gasteiger partial charge in [-0.1, -0.05) is 197 Å². The van der Waals surface area contributed by atoms with Gasteiger partial charge in [-0.15, -0.1) is 0 Å².